The summed E-state index contributed by atoms with van der Waals surface area (Å²) in [6.45, 7) is 7.28. The van der Waals surface area contributed by atoms with E-state index in [9.17, 15) is 8.42 Å². The summed E-state index contributed by atoms with van der Waals surface area (Å²) in [5.74, 6) is 1.74. The van der Waals surface area contributed by atoms with Crippen molar-refractivity contribution >= 4 is 21.7 Å². The molecule has 0 aromatic carbocycles. The van der Waals surface area contributed by atoms with Gasteiger partial charge in [-0.15, -0.1) is 0 Å². The van der Waals surface area contributed by atoms with Gasteiger partial charge in [-0.25, -0.2) is 18.4 Å². The molecular formula is C13H23N5O2S. The van der Waals surface area contributed by atoms with Crippen LogP contribution < -0.4 is 10.2 Å². The topological polar surface area (TPSA) is 78.4 Å². The number of piperazine rings is 1. The van der Waals surface area contributed by atoms with Crippen LogP contribution >= 0.6 is 0 Å². The van der Waals surface area contributed by atoms with Gasteiger partial charge < -0.3 is 10.2 Å². The summed E-state index contributed by atoms with van der Waals surface area (Å²) in [7, 11) is -3.10. The molecule has 118 valence electrons. The Balaban J connectivity index is 2.10. The molecule has 0 spiro atoms. The van der Waals surface area contributed by atoms with Gasteiger partial charge in [0.2, 0.25) is 10.0 Å². The monoisotopic (exact) mass is 313 g/mol. The number of nitrogens with zero attached hydrogens (tertiary/aromatic N) is 4. The fourth-order valence-electron chi connectivity index (χ4n) is 2.41. The summed E-state index contributed by atoms with van der Waals surface area (Å²) in [6.07, 6.45) is 3.85. The van der Waals surface area contributed by atoms with Crippen molar-refractivity contribution in [3.8, 4) is 0 Å². The van der Waals surface area contributed by atoms with Crippen LogP contribution in [-0.2, 0) is 10.0 Å². The quantitative estimate of drug-likeness (QED) is 0.861. The minimum atomic E-state index is -3.10. The second-order valence-corrected chi connectivity index (χ2v) is 7.23. The average molecular weight is 313 g/mol. The van der Waals surface area contributed by atoms with Gasteiger partial charge in [0.15, 0.2) is 0 Å². The van der Waals surface area contributed by atoms with Gasteiger partial charge >= 0.3 is 0 Å². The Kier molecular flexibility index (Phi) is 5.00. The summed E-state index contributed by atoms with van der Waals surface area (Å²) >= 11 is 0. The fourth-order valence-corrected chi connectivity index (χ4v) is 3.24. The molecule has 0 amide bonds. The van der Waals surface area contributed by atoms with Crippen molar-refractivity contribution < 1.29 is 8.42 Å². The third-order valence-corrected chi connectivity index (χ3v) is 4.91. The zero-order valence-corrected chi connectivity index (χ0v) is 13.7. The molecule has 1 aliphatic rings. The van der Waals surface area contributed by atoms with Gasteiger partial charge in [0.05, 0.1) is 6.26 Å². The van der Waals surface area contributed by atoms with Crippen molar-refractivity contribution in [1.29, 1.82) is 0 Å². The second-order valence-electron chi connectivity index (χ2n) is 5.25. The van der Waals surface area contributed by atoms with Crippen molar-refractivity contribution in [1.82, 2.24) is 14.3 Å². The van der Waals surface area contributed by atoms with Crippen LogP contribution in [0.1, 0.15) is 18.9 Å². The van der Waals surface area contributed by atoms with E-state index in [-0.39, 0.29) is 0 Å². The van der Waals surface area contributed by atoms with Crippen LogP contribution in [0.25, 0.3) is 0 Å². The Hall–Kier alpha value is -1.41. The standard InChI is InChI=1S/C13H23N5O2S/c1-4-5-14-12-11(2)13(16-10-15-12)17-6-8-18(9-7-17)21(3,19)20/h10H,4-9H2,1-3H3,(H,14,15,16). The predicted molar refractivity (Wildman–Crippen MR) is 84.2 cm³/mol. The first-order chi connectivity index (χ1) is 9.93. The van der Waals surface area contributed by atoms with Gasteiger partial charge in [-0.05, 0) is 13.3 Å². The molecule has 1 N–H and O–H groups in total. The van der Waals surface area contributed by atoms with Crippen LogP contribution in [-0.4, -0.2) is 61.7 Å². The zero-order valence-electron chi connectivity index (χ0n) is 12.8. The van der Waals surface area contributed by atoms with E-state index in [0.29, 0.717) is 26.2 Å². The highest BCUT2D eigenvalue weighted by molar-refractivity contribution is 7.88. The van der Waals surface area contributed by atoms with Gasteiger partial charge in [-0.2, -0.15) is 4.31 Å². The Morgan fingerprint density at radius 1 is 1.24 bits per heavy atom. The van der Waals surface area contributed by atoms with Gasteiger partial charge in [0.25, 0.3) is 0 Å². The smallest absolute Gasteiger partial charge is 0.211 e. The van der Waals surface area contributed by atoms with E-state index in [1.165, 1.54) is 10.6 Å². The molecule has 1 aromatic heterocycles. The summed E-state index contributed by atoms with van der Waals surface area (Å²) in [4.78, 5) is 10.8. The van der Waals surface area contributed by atoms with Crippen LogP contribution in [0, 0.1) is 6.92 Å². The highest BCUT2D eigenvalue weighted by Gasteiger charge is 2.25. The number of nitrogens with one attached hydrogen (secondary N) is 1. The normalized spacial score (nSPS) is 17.0. The lowest BCUT2D eigenvalue weighted by molar-refractivity contribution is 0.386. The third-order valence-electron chi connectivity index (χ3n) is 3.61. The molecular weight excluding hydrogens is 290 g/mol. The average Bonchev–Trinajstić information content (AvgIpc) is 2.45. The molecule has 0 atom stereocenters. The lowest BCUT2D eigenvalue weighted by Crippen LogP contribution is -2.48. The largest absolute Gasteiger partial charge is 0.370 e. The highest BCUT2D eigenvalue weighted by Crippen LogP contribution is 2.23. The molecule has 7 nitrogen and oxygen atoms in total. The molecule has 2 heterocycles. The molecule has 1 aliphatic heterocycles. The van der Waals surface area contributed by atoms with E-state index in [1.807, 2.05) is 6.92 Å². The van der Waals surface area contributed by atoms with E-state index >= 15 is 0 Å². The maximum absolute atomic E-state index is 11.5. The predicted octanol–water partition coefficient (Wildman–Crippen LogP) is 0.689. The Morgan fingerprint density at radius 3 is 2.48 bits per heavy atom. The SMILES string of the molecule is CCCNc1ncnc(N2CCN(S(C)(=O)=O)CC2)c1C. The van der Waals surface area contributed by atoms with E-state index < -0.39 is 10.0 Å². The molecule has 0 unspecified atom stereocenters. The number of aromatic nitrogens is 2. The van der Waals surface area contributed by atoms with E-state index in [0.717, 1.165) is 30.2 Å². The number of hydrogen-bond donors (Lipinski definition) is 1. The molecule has 0 bridgehead atoms. The van der Waals surface area contributed by atoms with Gasteiger partial charge in [0.1, 0.15) is 18.0 Å². The third kappa shape index (κ3) is 3.82. The van der Waals surface area contributed by atoms with Crippen LogP contribution in [0.3, 0.4) is 0 Å². The van der Waals surface area contributed by atoms with Crippen molar-refractivity contribution in [2.75, 3.05) is 49.2 Å². The van der Waals surface area contributed by atoms with E-state index in [4.69, 9.17) is 0 Å². The van der Waals surface area contributed by atoms with Crippen LogP contribution in [0.4, 0.5) is 11.6 Å². The second kappa shape index (κ2) is 6.57. The first kappa shape index (κ1) is 16.0. The fraction of sp³-hybridized carbons (Fsp3) is 0.692. The number of anilines is 2. The van der Waals surface area contributed by atoms with Crippen LogP contribution in [0.5, 0.6) is 0 Å². The summed E-state index contributed by atoms with van der Waals surface area (Å²) in [6, 6.07) is 0. The molecule has 0 saturated carbocycles. The summed E-state index contributed by atoms with van der Waals surface area (Å²) < 4.78 is 24.6. The number of sulfonamides is 1. The molecule has 8 heteroatoms. The number of rotatable bonds is 5. The molecule has 21 heavy (non-hydrogen) atoms. The van der Waals surface area contributed by atoms with Gasteiger partial charge in [-0.1, -0.05) is 6.92 Å². The molecule has 1 saturated heterocycles. The Labute approximate surface area is 126 Å². The minimum absolute atomic E-state index is 0.500. The molecule has 1 aromatic rings. The summed E-state index contributed by atoms with van der Waals surface area (Å²) in [5.41, 5.74) is 1.01. The maximum atomic E-state index is 11.5. The van der Waals surface area contributed by atoms with Gasteiger partial charge in [0, 0.05) is 38.3 Å². The first-order valence-electron chi connectivity index (χ1n) is 7.19. The maximum Gasteiger partial charge on any atom is 0.211 e. The van der Waals surface area contributed by atoms with Crippen molar-refractivity contribution in [2.45, 2.75) is 20.3 Å². The Bertz CT molecular complexity index is 582. The Morgan fingerprint density at radius 2 is 1.90 bits per heavy atom. The van der Waals surface area contributed by atoms with Crippen molar-refractivity contribution in [3.63, 3.8) is 0 Å². The van der Waals surface area contributed by atoms with Crippen LogP contribution in [0.2, 0.25) is 0 Å². The van der Waals surface area contributed by atoms with Crippen molar-refractivity contribution in [3.05, 3.63) is 11.9 Å². The molecule has 1 fully saturated rings. The lowest BCUT2D eigenvalue weighted by atomic mass is 10.2. The molecule has 0 aliphatic carbocycles. The van der Waals surface area contributed by atoms with E-state index in [2.05, 4.69) is 27.1 Å². The lowest BCUT2D eigenvalue weighted by Gasteiger charge is -2.34. The first-order valence-corrected chi connectivity index (χ1v) is 9.04. The summed E-state index contributed by atoms with van der Waals surface area (Å²) in [5, 5.41) is 3.29. The highest BCUT2D eigenvalue weighted by atomic mass is 32.2. The van der Waals surface area contributed by atoms with Crippen molar-refractivity contribution in [2.24, 2.45) is 0 Å². The minimum Gasteiger partial charge on any atom is -0.370 e. The van der Waals surface area contributed by atoms with Gasteiger partial charge in [-0.3, -0.25) is 0 Å². The van der Waals surface area contributed by atoms with Crippen LogP contribution in [0.15, 0.2) is 6.33 Å². The molecule has 2 rings (SSSR count). The number of hydrogen-bond acceptors (Lipinski definition) is 6. The molecule has 0 radical (unpaired) electrons. The zero-order chi connectivity index (χ0) is 15.5. The van der Waals surface area contributed by atoms with E-state index in [1.54, 1.807) is 6.33 Å².